The van der Waals surface area contributed by atoms with Crippen molar-refractivity contribution in [2.75, 3.05) is 26.2 Å². The minimum atomic E-state index is -3.58. The molecule has 0 radical (unpaired) electrons. The van der Waals surface area contributed by atoms with Crippen molar-refractivity contribution in [2.24, 2.45) is 0 Å². The lowest BCUT2D eigenvalue weighted by Gasteiger charge is -2.33. The van der Waals surface area contributed by atoms with E-state index in [4.69, 9.17) is 0 Å². The molecule has 1 N–H and O–H groups in total. The average molecular weight is 402 g/mol. The fourth-order valence-electron chi connectivity index (χ4n) is 3.00. The van der Waals surface area contributed by atoms with Gasteiger partial charge >= 0.3 is 0 Å². The molecule has 28 heavy (non-hydrogen) atoms. The van der Waals surface area contributed by atoms with Crippen LogP contribution in [0.5, 0.6) is 0 Å². The maximum Gasteiger partial charge on any atom is 0.277 e. The number of carbonyl (C=O) groups excluding carboxylic acids is 1. The Labute approximate surface area is 163 Å². The van der Waals surface area contributed by atoms with Gasteiger partial charge in [0.25, 0.3) is 11.5 Å². The van der Waals surface area contributed by atoms with Crippen molar-refractivity contribution in [3.63, 3.8) is 0 Å². The van der Waals surface area contributed by atoms with Crippen LogP contribution in [-0.2, 0) is 10.0 Å². The highest BCUT2D eigenvalue weighted by Gasteiger charge is 2.29. The Morgan fingerprint density at radius 1 is 1.11 bits per heavy atom. The SMILES string of the molecule is Cc1n[nH]c(=O)c(C(=O)N2CCN(S(=O)(=O)/C=C/c3ccccc3)CC2)c1C. The van der Waals surface area contributed by atoms with E-state index in [1.54, 1.807) is 19.9 Å². The molecule has 148 valence electrons. The summed E-state index contributed by atoms with van der Waals surface area (Å²) in [5.74, 6) is -0.402. The van der Waals surface area contributed by atoms with Gasteiger partial charge in [-0.15, -0.1) is 0 Å². The first-order valence-corrected chi connectivity index (χ1v) is 10.4. The minimum Gasteiger partial charge on any atom is -0.336 e. The Bertz CT molecular complexity index is 1050. The highest BCUT2D eigenvalue weighted by Crippen LogP contribution is 2.14. The van der Waals surface area contributed by atoms with Gasteiger partial charge in [0.15, 0.2) is 0 Å². The first-order valence-electron chi connectivity index (χ1n) is 8.88. The Morgan fingerprint density at radius 3 is 2.39 bits per heavy atom. The van der Waals surface area contributed by atoms with E-state index >= 15 is 0 Å². The van der Waals surface area contributed by atoms with Gasteiger partial charge in [-0.2, -0.15) is 9.40 Å². The molecule has 1 aliphatic rings. The van der Waals surface area contributed by atoms with Crippen molar-refractivity contribution < 1.29 is 13.2 Å². The normalized spacial score (nSPS) is 15.9. The van der Waals surface area contributed by atoms with Crippen molar-refractivity contribution in [3.05, 3.63) is 68.5 Å². The van der Waals surface area contributed by atoms with Crippen molar-refractivity contribution in [3.8, 4) is 0 Å². The fourth-order valence-corrected chi connectivity index (χ4v) is 4.18. The summed E-state index contributed by atoms with van der Waals surface area (Å²) in [4.78, 5) is 26.3. The maximum absolute atomic E-state index is 12.8. The van der Waals surface area contributed by atoms with Gasteiger partial charge in [0, 0.05) is 31.6 Å². The zero-order chi connectivity index (χ0) is 20.3. The third-order valence-electron chi connectivity index (χ3n) is 4.80. The zero-order valence-electron chi connectivity index (χ0n) is 15.8. The number of sulfonamides is 1. The topological polar surface area (TPSA) is 103 Å². The summed E-state index contributed by atoms with van der Waals surface area (Å²) in [6.07, 6.45) is 1.55. The van der Waals surface area contributed by atoms with E-state index in [1.807, 2.05) is 30.3 Å². The molecule has 0 atom stereocenters. The largest absolute Gasteiger partial charge is 0.336 e. The van der Waals surface area contributed by atoms with Crippen LogP contribution >= 0.6 is 0 Å². The standard InChI is InChI=1S/C19H22N4O4S/c1-14-15(2)20-21-18(24)17(14)19(25)22-9-11-23(12-10-22)28(26,27)13-8-16-6-4-3-5-7-16/h3-8,13H,9-12H2,1-2H3,(H,21,24)/b13-8+. The van der Waals surface area contributed by atoms with E-state index < -0.39 is 21.5 Å². The van der Waals surface area contributed by atoms with Crippen LogP contribution in [0.4, 0.5) is 0 Å². The number of hydrogen-bond acceptors (Lipinski definition) is 5. The number of carbonyl (C=O) groups is 1. The summed E-state index contributed by atoms with van der Waals surface area (Å²) in [6, 6.07) is 9.17. The predicted octanol–water partition coefficient (Wildman–Crippen LogP) is 1.15. The van der Waals surface area contributed by atoms with E-state index in [-0.39, 0.29) is 31.7 Å². The number of amides is 1. The van der Waals surface area contributed by atoms with Gasteiger partial charge < -0.3 is 4.90 Å². The Kier molecular flexibility index (Phi) is 5.76. The van der Waals surface area contributed by atoms with E-state index in [9.17, 15) is 18.0 Å². The molecule has 0 unspecified atom stereocenters. The lowest BCUT2D eigenvalue weighted by molar-refractivity contribution is 0.0695. The van der Waals surface area contributed by atoms with Gasteiger partial charge in [-0.3, -0.25) is 9.59 Å². The molecule has 0 bridgehead atoms. The average Bonchev–Trinajstić information content (AvgIpc) is 2.70. The number of aromatic amines is 1. The first-order chi connectivity index (χ1) is 13.3. The Balaban J connectivity index is 1.69. The van der Waals surface area contributed by atoms with Gasteiger partial charge in [0.1, 0.15) is 5.56 Å². The summed E-state index contributed by atoms with van der Waals surface area (Å²) < 4.78 is 26.4. The van der Waals surface area contributed by atoms with Crippen LogP contribution in [0, 0.1) is 13.8 Å². The van der Waals surface area contributed by atoms with E-state index in [0.29, 0.717) is 11.3 Å². The number of nitrogens with one attached hydrogen (secondary N) is 1. The van der Waals surface area contributed by atoms with Crippen LogP contribution in [0.2, 0.25) is 0 Å². The van der Waals surface area contributed by atoms with E-state index in [2.05, 4.69) is 10.2 Å². The van der Waals surface area contributed by atoms with Crippen molar-refractivity contribution in [2.45, 2.75) is 13.8 Å². The molecule has 0 saturated carbocycles. The van der Waals surface area contributed by atoms with Crippen LogP contribution in [-0.4, -0.2) is 59.9 Å². The highest BCUT2D eigenvalue weighted by molar-refractivity contribution is 7.92. The quantitative estimate of drug-likeness (QED) is 0.826. The van der Waals surface area contributed by atoms with Crippen molar-refractivity contribution in [1.82, 2.24) is 19.4 Å². The summed E-state index contributed by atoms with van der Waals surface area (Å²) in [5, 5.41) is 7.36. The van der Waals surface area contributed by atoms with Crippen molar-refractivity contribution >= 4 is 22.0 Å². The lowest BCUT2D eigenvalue weighted by atomic mass is 10.1. The Morgan fingerprint density at radius 2 is 1.75 bits per heavy atom. The predicted molar refractivity (Wildman–Crippen MR) is 106 cm³/mol. The van der Waals surface area contributed by atoms with Crippen LogP contribution in [0.3, 0.4) is 0 Å². The van der Waals surface area contributed by atoms with E-state index in [0.717, 1.165) is 5.56 Å². The number of hydrogen-bond donors (Lipinski definition) is 1. The first kappa shape index (κ1) is 20.0. The van der Waals surface area contributed by atoms with Crippen LogP contribution in [0.1, 0.15) is 27.2 Å². The highest BCUT2D eigenvalue weighted by atomic mass is 32.2. The number of nitrogens with zero attached hydrogens (tertiary/aromatic N) is 3. The molecular formula is C19H22N4O4S. The summed E-state index contributed by atoms with van der Waals surface area (Å²) in [5.41, 5.74) is 1.44. The van der Waals surface area contributed by atoms with Gasteiger partial charge in [-0.05, 0) is 31.1 Å². The molecule has 1 saturated heterocycles. The third kappa shape index (κ3) is 4.20. The summed E-state index contributed by atoms with van der Waals surface area (Å²) in [7, 11) is -3.58. The van der Waals surface area contributed by atoms with E-state index in [1.165, 1.54) is 14.6 Å². The van der Waals surface area contributed by atoms with Gasteiger partial charge in [-0.1, -0.05) is 30.3 Å². The number of aromatic nitrogens is 2. The zero-order valence-corrected chi connectivity index (χ0v) is 16.6. The molecule has 1 aliphatic heterocycles. The smallest absolute Gasteiger partial charge is 0.277 e. The molecule has 2 aromatic rings. The van der Waals surface area contributed by atoms with Gasteiger partial charge in [0.2, 0.25) is 10.0 Å². The third-order valence-corrected chi connectivity index (χ3v) is 6.37. The van der Waals surface area contributed by atoms with Crippen LogP contribution in [0.15, 0.2) is 40.5 Å². The summed E-state index contributed by atoms with van der Waals surface area (Å²) in [6.45, 7) is 4.18. The second-order valence-electron chi connectivity index (χ2n) is 6.59. The monoisotopic (exact) mass is 402 g/mol. The number of piperazine rings is 1. The number of rotatable bonds is 4. The van der Waals surface area contributed by atoms with Crippen LogP contribution < -0.4 is 5.56 Å². The molecule has 1 aromatic carbocycles. The van der Waals surface area contributed by atoms with Crippen molar-refractivity contribution in [1.29, 1.82) is 0 Å². The molecule has 0 spiro atoms. The van der Waals surface area contributed by atoms with Gasteiger partial charge in [-0.25, -0.2) is 13.5 Å². The second kappa shape index (κ2) is 8.07. The molecule has 1 amide bonds. The number of H-pyrrole nitrogens is 1. The second-order valence-corrected chi connectivity index (χ2v) is 8.41. The van der Waals surface area contributed by atoms with Gasteiger partial charge in [0.05, 0.1) is 5.69 Å². The number of aryl methyl sites for hydroxylation is 1. The lowest BCUT2D eigenvalue weighted by Crippen LogP contribution is -2.51. The maximum atomic E-state index is 12.8. The molecule has 0 aliphatic carbocycles. The molecule has 1 fully saturated rings. The number of benzene rings is 1. The van der Waals surface area contributed by atoms with Crippen LogP contribution in [0.25, 0.3) is 6.08 Å². The molecular weight excluding hydrogens is 380 g/mol. The minimum absolute atomic E-state index is 0.0628. The molecule has 3 rings (SSSR count). The molecule has 1 aromatic heterocycles. The molecule has 8 nitrogen and oxygen atoms in total. The Hall–Kier alpha value is -2.78. The fraction of sp³-hybridized carbons (Fsp3) is 0.316. The molecule has 2 heterocycles. The molecule has 9 heteroatoms. The summed E-state index contributed by atoms with van der Waals surface area (Å²) >= 11 is 0.